The van der Waals surface area contributed by atoms with Gasteiger partial charge in [-0.3, -0.25) is 0 Å². The number of aromatic nitrogens is 1. The molecular weight excluding hydrogens is 435 g/mol. The summed E-state index contributed by atoms with van der Waals surface area (Å²) >= 11 is 0. The number of methoxy groups -OCH3 is 3. The second kappa shape index (κ2) is 11.6. The summed E-state index contributed by atoms with van der Waals surface area (Å²) in [4.78, 5) is 21.4. The summed E-state index contributed by atoms with van der Waals surface area (Å²) in [6.07, 6.45) is 1.44. The predicted octanol–water partition coefficient (Wildman–Crippen LogP) is -3.75. The summed E-state index contributed by atoms with van der Waals surface area (Å²) in [6.45, 7) is 0. The van der Waals surface area contributed by atoms with E-state index in [9.17, 15) is 14.4 Å². The van der Waals surface area contributed by atoms with Gasteiger partial charge in [-0.25, -0.2) is 0 Å². The minimum atomic E-state index is -5.12. The first-order valence-corrected chi connectivity index (χ1v) is 9.39. The number of ether oxygens (including phenoxy) is 3. The topological polar surface area (TPSA) is 126 Å². The van der Waals surface area contributed by atoms with Crippen LogP contribution < -0.4 is 87.6 Å². The molecule has 0 unspecified atom stereocenters. The van der Waals surface area contributed by atoms with Crippen LogP contribution in [0.3, 0.4) is 0 Å². The van der Waals surface area contributed by atoms with Gasteiger partial charge < -0.3 is 37.6 Å². The van der Waals surface area contributed by atoms with Crippen molar-refractivity contribution in [1.82, 2.24) is 5.16 Å². The molecule has 0 fully saturated rings. The van der Waals surface area contributed by atoms with Crippen LogP contribution in [0.25, 0.3) is 22.4 Å². The third-order valence-electron chi connectivity index (χ3n) is 3.89. The number of rotatable bonds is 7. The van der Waals surface area contributed by atoms with Crippen LogP contribution in [0.1, 0.15) is 0 Å². The molecule has 0 amide bonds. The largest absolute Gasteiger partial charge is 1.00 e. The van der Waals surface area contributed by atoms with E-state index in [2.05, 4.69) is 9.68 Å². The maximum absolute atomic E-state index is 10.7. The van der Waals surface area contributed by atoms with Crippen molar-refractivity contribution >= 4 is 7.82 Å². The molecule has 0 N–H and O–H groups in total. The number of hydrogen-bond acceptors (Lipinski definition) is 9. The van der Waals surface area contributed by atoms with Gasteiger partial charge in [-0.2, -0.15) is 0 Å². The van der Waals surface area contributed by atoms with Crippen molar-refractivity contribution in [2.75, 3.05) is 21.3 Å². The Bertz CT molecular complexity index is 994. The summed E-state index contributed by atoms with van der Waals surface area (Å²) in [5, 5.41) is 4.05. The Morgan fingerprint density at radius 1 is 0.900 bits per heavy atom. The Morgan fingerprint density at radius 2 is 1.47 bits per heavy atom. The number of benzene rings is 2. The van der Waals surface area contributed by atoms with Gasteiger partial charge in [0.15, 0.2) is 11.5 Å². The molecule has 9 nitrogen and oxygen atoms in total. The Morgan fingerprint density at radius 3 is 1.93 bits per heavy atom. The number of hydrogen-bond donors (Lipinski definition) is 0. The van der Waals surface area contributed by atoms with Crippen molar-refractivity contribution in [3.63, 3.8) is 0 Å². The third kappa shape index (κ3) is 6.26. The minimum Gasteiger partial charge on any atom is -0.780 e. The van der Waals surface area contributed by atoms with Crippen LogP contribution in [-0.4, -0.2) is 26.5 Å². The van der Waals surface area contributed by atoms with E-state index in [1.165, 1.54) is 39.7 Å². The summed E-state index contributed by atoms with van der Waals surface area (Å²) in [5.74, 6) is 1.27. The standard InChI is InChI=1S/C18H18NO8P.2Na/c1-23-15-8-12(9-16(24-2)18(15)25-3)17-14(10-26-19-17)11-4-6-13(7-5-11)27-28(20,21)22;;/h4-10H,1-3H3,(H2,20,21,22);;/q;2*+1/p-2. The van der Waals surface area contributed by atoms with E-state index in [-0.39, 0.29) is 64.9 Å². The molecule has 0 aliphatic carbocycles. The molecule has 3 aromatic rings. The van der Waals surface area contributed by atoms with Crippen molar-refractivity contribution in [3.8, 4) is 45.4 Å². The van der Waals surface area contributed by atoms with Gasteiger partial charge in [-0.05, 0) is 29.8 Å². The number of phosphoric ester groups is 1. The van der Waals surface area contributed by atoms with Crippen molar-refractivity contribution < 1.29 is 96.7 Å². The van der Waals surface area contributed by atoms with Crippen LogP contribution in [0, 0.1) is 0 Å². The first kappa shape index (κ1) is 27.0. The number of nitrogens with zero attached hydrogens (tertiary/aromatic N) is 1. The van der Waals surface area contributed by atoms with Crippen LogP contribution in [0.5, 0.6) is 23.0 Å². The maximum Gasteiger partial charge on any atom is 1.00 e. The van der Waals surface area contributed by atoms with Crippen LogP contribution in [0.4, 0.5) is 0 Å². The van der Waals surface area contributed by atoms with Crippen LogP contribution in [-0.2, 0) is 4.57 Å². The van der Waals surface area contributed by atoms with Crippen molar-refractivity contribution in [1.29, 1.82) is 0 Å². The summed E-state index contributed by atoms with van der Waals surface area (Å²) in [5.41, 5.74) is 2.46. The Kier molecular flexibility index (Phi) is 10.4. The van der Waals surface area contributed by atoms with E-state index >= 15 is 0 Å². The molecular formula is C18H16NNa2O8P. The Hall–Kier alpha value is -1.000. The van der Waals surface area contributed by atoms with Gasteiger partial charge in [0, 0.05) is 11.1 Å². The zero-order valence-corrected chi connectivity index (χ0v) is 22.1. The van der Waals surface area contributed by atoms with E-state index in [4.69, 9.17) is 18.7 Å². The molecule has 0 spiro atoms. The molecule has 12 heteroatoms. The molecule has 2 aromatic carbocycles. The first-order chi connectivity index (χ1) is 13.4. The van der Waals surface area contributed by atoms with Crippen molar-refractivity contribution in [2.45, 2.75) is 0 Å². The molecule has 30 heavy (non-hydrogen) atoms. The normalized spacial score (nSPS) is 10.4. The van der Waals surface area contributed by atoms with Gasteiger partial charge in [0.05, 0.1) is 21.3 Å². The van der Waals surface area contributed by atoms with Gasteiger partial charge in [-0.1, -0.05) is 17.3 Å². The van der Waals surface area contributed by atoms with Gasteiger partial charge in [0.25, 0.3) is 0 Å². The second-order valence-corrected chi connectivity index (χ2v) is 6.63. The summed E-state index contributed by atoms with van der Waals surface area (Å²) in [7, 11) is -0.593. The molecule has 0 aliphatic heterocycles. The molecule has 1 aromatic heterocycles. The van der Waals surface area contributed by atoms with Gasteiger partial charge in [0.2, 0.25) is 5.75 Å². The molecule has 0 aliphatic rings. The fourth-order valence-corrected chi connectivity index (χ4v) is 3.07. The van der Waals surface area contributed by atoms with Gasteiger partial charge in [0.1, 0.15) is 25.5 Å². The molecule has 0 saturated carbocycles. The zero-order valence-electron chi connectivity index (χ0n) is 17.2. The monoisotopic (exact) mass is 451 g/mol. The molecule has 0 radical (unpaired) electrons. The van der Waals surface area contributed by atoms with E-state index < -0.39 is 7.82 Å². The molecule has 0 atom stereocenters. The van der Waals surface area contributed by atoms with Crippen LogP contribution in [0.2, 0.25) is 0 Å². The Labute approximate surface area is 217 Å². The summed E-state index contributed by atoms with van der Waals surface area (Å²) < 4.78 is 36.2. The molecule has 148 valence electrons. The quantitative estimate of drug-likeness (QED) is 0.263. The van der Waals surface area contributed by atoms with Crippen LogP contribution in [0.15, 0.2) is 47.2 Å². The van der Waals surface area contributed by atoms with Crippen molar-refractivity contribution in [3.05, 3.63) is 42.7 Å². The average molecular weight is 451 g/mol. The fraction of sp³-hybridized carbons (Fsp3) is 0.167. The SMILES string of the molecule is COc1cc(-c2nocc2-c2ccc(OP(=O)([O-])[O-])cc2)cc(OC)c1OC.[Na+].[Na+]. The molecule has 3 rings (SSSR count). The maximum atomic E-state index is 10.7. The zero-order chi connectivity index (χ0) is 20.3. The second-order valence-electron chi connectivity index (χ2n) is 5.55. The van der Waals surface area contributed by atoms with Crippen molar-refractivity contribution in [2.24, 2.45) is 0 Å². The van der Waals surface area contributed by atoms with E-state index in [1.807, 2.05) is 0 Å². The molecule has 0 bridgehead atoms. The fourth-order valence-electron chi connectivity index (χ4n) is 2.69. The third-order valence-corrected chi connectivity index (χ3v) is 4.32. The van der Waals surface area contributed by atoms with E-state index in [1.54, 1.807) is 24.3 Å². The summed E-state index contributed by atoms with van der Waals surface area (Å²) in [6, 6.07) is 9.35. The smallest absolute Gasteiger partial charge is 0.780 e. The average Bonchev–Trinajstić information content (AvgIpc) is 3.15. The first-order valence-electron chi connectivity index (χ1n) is 7.93. The van der Waals surface area contributed by atoms with Gasteiger partial charge in [-0.15, -0.1) is 0 Å². The van der Waals surface area contributed by atoms with Gasteiger partial charge >= 0.3 is 59.1 Å². The number of phosphoric acid groups is 1. The molecule has 0 saturated heterocycles. The van der Waals surface area contributed by atoms with E-state index in [0.717, 1.165) is 0 Å². The minimum absolute atomic E-state index is 0. The van der Waals surface area contributed by atoms with E-state index in [0.29, 0.717) is 39.6 Å². The predicted molar refractivity (Wildman–Crippen MR) is 95.3 cm³/mol. The Balaban J connectivity index is 0.00000225. The molecule has 1 heterocycles. The van der Waals surface area contributed by atoms with Crippen LogP contribution >= 0.6 is 7.82 Å².